The number of amides is 2. The van der Waals surface area contributed by atoms with E-state index in [1.165, 1.54) is 5.56 Å². The fraction of sp³-hybridized carbons (Fsp3) is 0.526. The smallest absolute Gasteiger partial charge is 0.225 e. The number of nitrogens with one attached hydrogen (secondary N) is 1. The number of nitrogens with zero attached hydrogens (tertiary/aromatic N) is 3. The molecule has 1 aromatic rings. The van der Waals surface area contributed by atoms with Gasteiger partial charge >= 0.3 is 0 Å². The van der Waals surface area contributed by atoms with Gasteiger partial charge in [-0.05, 0) is 24.5 Å². The number of aromatic nitrogens is 1. The molecule has 3 rings (SSSR count). The van der Waals surface area contributed by atoms with Crippen LogP contribution in [0.2, 0.25) is 0 Å². The highest BCUT2D eigenvalue weighted by atomic mass is 16.2. The van der Waals surface area contributed by atoms with Crippen molar-refractivity contribution in [3.63, 3.8) is 0 Å². The fourth-order valence-electron chi connectivity index (χ4n) is 3.58. The summed E-state index contributed by atoms with van der Waals surface area (Å²) in [5.41, 5.74) is 1.22. The Morgan fingerprint density at radius 1 is 1.40 bits per heavy atom. The first kappa shape index (κ1) is 17.6. The lowest BCUT2D eigenvalue weighted by molar-refractivity contribution is -0.129. The molecule has 2 saturated heterocycles. The van der Waals surface area contributed by atoms with Crippen LogP contribution in [0.4, 0.5) is 0 Å². The summed E-state index contributed by atoms with van der Waals surface area (Å²) in [5, 5.41) is 3.15. The van der Waals surface area contributed by atoms with Gasteiger partial charge in [0.1, 0.15) is 0 Å². The maximum absolute atomic E-state index is 12.4. The first-order valence-corrected chi connectivity index (χ1v) is 8.96. The van der Waals surface area contributed by atoms with Crippen LogP contribution in [0.1, 0.15) is 24.8 Å². The number of carbonyl (C=O) groups is 2. The molecule has 0 aliphatic carbocycles. The number of rotatable bonds is 6. The molecular formula is C19H26N4O2. The van der Waals surface area contributed by atoms with E-state index in [2.05, 4.69) is 27.8 Å². The number of piperidine rings is 1. The number of hydrogen-bond donors (Lipinski definition) is 1. The molecule has 1 unspecified atom stereocenters. The molecule has 0 spiro atoms. The molecule has 1 N–H and O–H groups in total. The predicted molar refractivity (Wildman–Crippen MR) is 95.6 cm³/mol. The summed E-state index contributed by atoms with van der Waals surface area (Å²) in [7, 11) is 0. The summed E-state index contributed by atoms with van der Waals surface area (Å²) in [6, 6.07) is 4.26. The highest BCUT2D eigenvalue weighted by molar-refractivity contribution is 5.89. The number of likely N-dealkylation sites (tertiary alicyclic amines) is 2. The van der Waals surface area contributed by atoms with E-state index in [9.17, 15) is 9.59 Å². The Bertz CT molecular complexity index is 611. The van der Waals surface area contributed by atoms with Crippen LogP contribution in [0.3, 0.4) is 0 Å². The van der Waals surface area contributed by atoms with Crippen molar-refractivity contribution in [2.75, 3.05) is 26.2 Å². The number of hydrogen-bond acceptors (Lipinski definition) is 4. The van der Waals surface area contributed by atoms with E-state index in [0.29, 0.717) is 19.5 Å². The topological polar surface area (TPSA) is 65.5 Å². The van der Waals surface area contributed by atoms with E-state index in [-0.39, 0.29) is 23.8 Å². The van der Waals surface area contributed by atoms with E-state index in [1.807, 2.05) is 12.3 Å². The Balaban J connectivity index is 1.42. The predicted octanol–water partition coefficient (Wildman–Crippen LogP) is 1.20. The molecule has 2 aliphatic rings. The molecule has 134 valence electrons. The molecule has 2 amide bonds. The standard InChI is InChI=1S/C19H26N4O2/c1-2-8-23-14-16(11-18(23)24)19(25)21-17-5-9-22(10-6-17)13-15-4-3-7-20-12-15/h2-4,7,12,16-17H,1,5-6,8-11,13-14H2,(H,21,25). The van der Waals surface area contributed by atoms with Crippen molar-refractivity contribution in [3.05, 3.63) is 42.7 Å². The molecule has 6 heteroatoms. The largest absolute Gasteiger partial charge is 0.353 e. The van der Waals surface area contributed by atoms with Gasteiger partial charge in [-0.15, -0.1) is 6.58 Å². The zero-order valence-electron chi connectivity index (χ0n) is 14.6. The van der Waals surface area contributed by atoms with Gasteiger partial charge in [0.15, 0.2) is 0 Å². The van der Waals surface area contributed by atoms with Crippen molar-refractivity contribution in [3.8, 4) is 0 Å². The summed E-state index contributed by atoms with van der Waals surface area (Å²) >= 11 is 0. The second kappa shape index (κ2) is 8.25. The molecule has 6 nitrogen and oxygen atoms in total. The zero-order valence-corrected chi connectivity index (χ0v) is 14.6. The molecule has 0 saturated carbocycles. The minimum atomic E-state index is -0.221. The van der Waals surface area contributed by atoms with Gasteiger partial charge in [0.25, 0.3) is 0 Å². The summed E-state index contributed by atoms with van der Waals surface area (Å²) < 4.78 is 0. The third-order valence-electron chi connectivity index (χ3n) is 5.00. The monoisotopic (exact) mass is 342 g/mol. The van der Waals surface area contributed by atoms with Gasteiger partial charge in [0.05, 0.1) is 5.92 Å². The zero-order chi connectivity index (χ0) is 17.6. The van der Waals surface area contributed by atoms with Crippen LogP contribution in [0.15, 0.2) is 37.2 Å². The van der Waals surface area contributed by atoms with E-state index in [4.69, 9.17) is 0 Å². The third-order valence-corrected chi connectivity index (χ3v) is 5.00. The Morgan fingerprint density at radius 3 is 2.88 bits per heavy atom. The van der Waals surface area contributed by atoms with Crippen LogP contribution < -0.4 is 5.32 Å². The van der Waals surface area contributed by atoms with Gasteiger partial charge in [-0.25, -0.2) is 0 Å². The van der Waals surface area contributed by atoms with Crippen LogP contribution in [-0.2, 0) is 16.1 Å². The van der Waals surface area contributed by atoms with E-state index in [1.54, 1.807) is 17.2 Å². The van der Waals surface area contributed by atoms with Gasteiger partial charge in [0, 0.05) is 57.6 Å². The van der Waals surface area contributed by atoms with Crippen molar-refractivity contribution in [2.24, 2.45) is 5.92 Å². The molecule has 3 heterocycles. The van der Waals surface area contributed by atoms with Crippen LogP contribution in [0, 0.1) is 5.92 Å². The van der Waals surface area contributed by atoms with E-state index < -0.39 is 0 Å². The summed E-state index contributed by atoms with van der Waals surface area (Å²) in [6.45, 7) is 7.52. The molecule has 1 aromatic heterocycles. The first-order chi connectivity index (χ1) is 12.2. The van der Waals surface area contributed by atoms with Crippen molar-refractivity contribution in [2.45, 2.75) is 31.8 Å². The van der Waals surface area contributed by atoms with Gasteiger partial charge in [-0.1, -0.05) is 12.1 Å². The maximum atomic E-state index is 12.4. The van der Waals surface area contributed by atoms with Gasteiger partial charge < -0.3 is 10.2 Å². The molecule has 0 bridgehead atoms. The van der Waals surface area contributed by atoms with E-state index >= 15 is 0 Å². The minimum absolute atomic E-state index is 0.0191. The Labute approximate surface area is 148 Å². The van der Waals surface area contributed by atoms with Crippen LogP contribution >= 0.6 is 0 Å². The van der Waals surface area contributed by atoms with Crippen molar-refractivity contribution in [1.82, 2.24) is 20.1 Å². The highest BCUT2D eigenvalue weighted by Gasteiger charge is 2.34. The molecule has 1 atom stereocenters. The van der Waals surface area contributed by atoms with E-state index in [0.717, 1.165) is 32.5 Å². The molecular weight excluding hydrogens is 316 g/mol. The second-order valence-corrected chi connectivity index (χ2v) is 6.91. The second-order valence-electron chi connectivity index (χ2n) is 6.91. The minimum Gasteiger partial charge on any atom is -0.353 e. The first-order valence-electron chi connectivity index (χ1n) is 8.96. The Morgan fingerprint density at radius 2 is 2.20 bits per heavy atom. The average Bonchev–Trinajstić information content (AvgIpc) is 2.99. The molecule has 0 radical (unpaired) electrons. The van der Waals surface area contributed by atoms with Crippen molar-refractivity contribution in [1.29, 1.82) is 0 Å². The van der Waals surface area contributed by atoms with Crippen molar-refractivity contribution >= 4 is 11.8 Å². The van der Waals surface area contributed by atoms with Crippen LogP contribution in [0.5, 0.6) is 0 Å². The molecule has 2 aliphatic heterocycles. The molecule has 25 heavy (non-hydrogen) atoms. The molecule has 0 aromatic carbocycles. The fourth-order valence-corrected chi connectivity index (χ4v) is 3.58. The van der Waals surface area contributed by atoms with Crippen LogP contribution in [0.25, 0.3) is 0 Å². The quantitative estimate of drug-likeness (QED) is 0.789. The van der Waals surface area contributed by atoms with Gasteiger partial charge in [0.2, 0.25) is 11.8 Å². The number of pyridine rings is 1. The normalized spacial score (nSPS) is 22.2. The third kappa shape index (κ3) is 4.66. The average molecular weight is 342 g/mol. The SMILES string of the molecule is C=CCN1CC(C(=O)NC2CCN(Cc3cccnc3)CC2)CC1=O. The summed E-state index contributed by atoms with van der Waals surface area (Å²) in [5.74, 6) is -0.155. The summed E-state index contributed by atoms with van der Waals surface area (Å²) in [6.07, 6.45) is 7.61. The lowest BCUT2D eigenvalue weighted by Crippen LogP contribution is -2.46. The van der Waals surface area contributed by atoms with Crippen LogP contribution in [-0.4, -0.2) is 58.8 Å². The lowest BCUT2D eigenvalue weighted by atomic mass is 10.0. The van der Waals surface area contributed by atoms with Crippen molar-refractivity contribution < 1.29 is 9.59 Å². The maximum Gasteiger partial charge on any atom is 0.225 e. The van der Waals surface area contributed by atoms with Gasteiger partial charge in [-0.3, -0.25) is 19.5 Å². The Hall–Kier alpha value is -2.21. The summed E-state index contributed by atoms with van der Waals surface area (Å²) in [4.78, 5) is 32.6. The van der Waals surface area contributed by atoms with Gasteiger partial charge in [-0.2, -0.15) is 0 Å². The number of carbonyl (C=O) groups excluding carboxylic acids is 2. The lowest BCUT2D eigenvalue weighted by Gasteiger charge is -2.32. The Kier molecular flexibility index (Phi) is 5.81. The molecule has 2 fully saturated rings. The highest BCUT2D eigenvalue weighted by Crippen LogP contribution is 2.19.